The molecule has 0 fully saturated rings. The number of alkyl halides is 3. The van der Waals surface area contributed by atoms with Crippen molar-refractivity contribution in [1.82, 2.24) is 9.97 Å². The summed E-state index contributed by atoms with van der Waals surface area (Å²) in [7, 11) is -3.45. The number of sulfone groups is 1. The van der Waals surface area contributed by atoms with Crippen molar-refractivity contribution < 1.29 is 21.6 Å². The van der Waals surface area contributed by atoms with Crippen LogP contribution in [0.2, 0.25) is 0 Å². The van der Waals surface area contributed by atoms with Gasteiger partial charge < -0.3 is 4.98 Å². The minimum absolute atomic E-state index is 0.0419. The van der Waals surface area contributed by atoms with Gasteiger partial charge in [0.05, 0.1) is 15.9 Å². The standard InChI is InChI=1S/C9H7F3N2O2S/c1-17(15,16)5-2-3-6-7(4-5)14-8(13-6)9(10,11)12/h2-4H,1H3,(H,13,14). The van der Waals surface area contributed by atoms with Gasteiger partial charge >= 0.3 is 6.18 Å². The van der Waals surface area contributed by atoms with E-state index in [-0.39, 0.29) is 15.9 Å². The van der Waals surface area contributed by atoms with Crippen LogP contribution >= 0.6 is 0 Å². The topological polar surface area (TPSA) is 62.8 Å². The second-order valence-electron chi connectivity index (χ2n) is 3.53. The molecule has 0 aliphatic rings. The minimum Gasteiger partial charge on any atom is -0.334 e. The number of hydrogen-bond donors (Lipinski definition) is 1. The Bertz CT molecular complexity index is 673. The molecule has 17 heavy (non-hydrogen) atoms. The van der Waals surface area contributed by atoms with E-state index in [1.807, 2.05) is 4.98 Å². The summed E-state index contributed by atoms with van der Waals surface area (Å²) in [5, 5.41) is 0. The van der Waals surface area contributed by atoms with Gasteiger partial charge in [0, 0.05) is 6.26 Å². The summed E-state index contributed by atoms with van der Waals surface area (Å²) in [4.78, 5) is 5.33. The third kappa shape index (κ3) is 2.26. The van der Waals surface area contributed by atoms with Crippen molar-refractivity contribution in [3.63, 3.8) is 0 Å². The quantitative estimate of drug-likeness (QED) is 0.856. The number of imidazole rings is 1. The van der Waals surface area contributed by atoms with Gasteiger partial charge in [-0.05, 0) is 18.2 Å². The number of aromatic nitrogens is 2. The van der Waals surface area contributed by atoms with Crippen LogP contribution in [0.5, 0.6) is 0 Å². The predicted molar refractivity (Wildman–Crippen MR) is 54.2 cm³/mol. The molecular formula is C9H7F3N2O2S. The summed E-state index contributed by atoms with van der Waals surface area (Å²) in [5.74, 6) is -1.14. The number of benzene rings is 1. The van der Waals surface area contributed by atoms with Crippen LogP contribution in [0.4, 0.5) is 13.2 Å². The zero-order chi connectivity index (χ0) is 12.8. The largest absolute Gasteiger partial charge is 0.449 e. The van der Waals surface area contributed by atoms with E-state index in [0.717, 1.165) is 12.3 Å². The third-order valence-corrected chi connectivity index (χ3v) is 3.26. The number of nitrogens with zero attached hydrogens (tertiary/aromatic N) is 1. The number of fused-ring (bicyclic) bond motifs is 1. The van der Waals surface area contributed by atoms with Crippen LogP contribution in [0, 0.1) is 0 Å². The lowest BCUT2D eigenvalue weighted by molar-refractivity contribution is -0.144. The Kier molecular flexibility index (Phi) is 2.42. The average Bonchev–Trinajstić information content (AvgIpc) is 2.57. The van der Waals surface area contributed by atoms with E-state index in [4.69, 9.17) is 0 Å². The highest BCUT2D eigenvalue weighted by Crippen LogP contribution is 2.29. The van der Waals surface area contributed by atoms with Crippen LogP contribution in [-0.2, 0) is 16.0 Å². The van der Waals surface area contributed by atoms with Crippen LogP contribution < -0.4 is 0 Å². The molecule has 0 radical (unpaired) electrons. The number of rotatable bonds is 1. The maximum absolute atomic E-state index is 12.3. The first-order chi connectivity index (χ1) is 7.68. The number of H-pyrrole nitrogens is 1. The van der Waals surface area contributed by atoms with Gasteiger partial charge in [0.1, 0.15) is 0 Å². The summed E-state index contributed by atoms with van der Waals surface area (Å²) in [6, 6.07) is 3.59. The summed E-state index contributed by atoms with van der Waals surface area (Å²) < 4.78 is 59.5. The van der Waals surface area contributed by atoms with Gasteiger partial charge in [0.25, 0.3) is 0 Å². The van der Waals surface area contributed by atoms with Crippen molar-refractivity contribution in [3.8, 4) is 0 Å². The first-order valence-corrected chi connectivity index (χ1v) is 6.34. The smallest absolute Gasteiger partial charge is 0.334 e. The second kappa shape index (κ2) is 3.46. The van der Waals surface area contributed by atoms with Crippen molar-refractivity contribution in [1.29, 1.82) is 0 Å². The second-order valence-corrected chi connectivity index (χ2v) is 5.55. The van der Waals surface area contributed by atoms with E-state index in [9.17, 15) is 21.6 Å². The Morgan fingerprint density at radius 3 is 2.47 bits per heavy atom. The normalized spacial score (nSPS) is 13.2. The fourth-order valence-corrected chi connectivity index (χ4v) is 2.00. The fourth-order valence-electron chi connectivity index (χ4n) is 1.35. The third-order valence-electron chi connectivity index (χ3n) is 2.15. The molecular weight excluding hydrogens is 257 g/mol. The number of aromatic amines is 1. The van der Waals surface area contributed by atoms with Crippen LogP contribution in [0.25, 0.3) is 11.0 Å². The molecule has 1 N–H and O–H groups in total. The Labute approximate surface area is 94.4 Å². The van der Waals surface area contributed by atoms with E-state index in [2.05, 4.69) is 4.98 Å². The van der Waals surface area contributed by atoms with E-state index < -0.39 is 21.8 Å². The fraction of sp³-hybridized carbons (Fsp3) is 0.222. The highest BCUT2D eigenvalue weighted by molar-refractivity contribution is 7.90. The molecule has 0 saturated heterocycles. The Hall–Kier alpha value is -1.57. The minimum atomic E-state index is -4.58. The first kappa shape index (κ1) is 11.9. The Morgan fingerprint density at radius 1 is 1.29 bits per heavy atom. The highest BCUT2D eigenvalue weighted by Gasteiger charge is 2.34. The molecule has 1 aromatic heterocycles. The molecule has 1 aromatic carbocycles. The van der Waals surface area contributed by atoms with Gasteiger partial charge in [-0.1, -0.05) is 0 Å². The number of hydrogen-bond acceptors (Lipinski definition) is 3. The summed E-state index contributed by atoms with van der Waals surface area (Å²) >= 11 is 0. The molecule has 0 atom stereocenters. The Balaban J connectivity index is 2.64. The van der Waals surface area contributed by atoms with E-state index in [1.54, 1.807) is 0 Å². The average molecular weight is 264 g/mol. The van der Waals surface area contributed by atoms with E-state index in [1.165, 1.54) is 12.1 Å². The molecule has 0 aliphatic heterocycles. The lowest BCUT2D eigenvalue weighted by Gasteiger charge is -1.99. The molecule has 2 aromatic rings. The SMILES string of the molecule is CS(=O)(=O)c1ccc2nc(C(F)(F)F)[nH]c2c1. The zero-order valence-electron chi connectivity index (χ0n) is 8.54. The summed E-state index contributed by atoms with van der Waals surface area (Å²) in [6.45, 7) is 0. The summed E-state index contributed by atoms with van der Waals surface area (Å²) in [6.07, 6.45) is -3.60. The van der Waals surface area contributed by atoms with Gasteiger partial charge in [-0.2, -0.15) is 13.2 Å². The molecule has 0 bridgehead atoms. The zero-order valence-corrected chi connectivity index (χ0v) is 9.35. The molecule has 2 rings (SSSR count). The van der Waals surface area contributed by atoms with Crippen molar-refractivity contribution in [3.05, 3.63) is 24.0 Å². The lowest BCUT2D eigenvalue weighted by atomic mass is 10.3. The van der Waals surface area contributed by atoms with Crippen molar-refractivity contribution in [2.75, 3.05) is 6.26 Å². The highest BCUT2D eigenvalue weighted by atomic mass is 32.2. The molecule has 0 aliphatic carbocycles. The van der Waals surface area contributed by atoms with Crippen LogP contribution in [0.15, 0.2) is 23.1 Å². The molecule has 0 saturated carbocycles. The summed E-state index contributed by atoms with van der Waals surface area (Å²) in [5.41, 5.74) is 0.116. The van der Waals surface area contributed by atoms with Gasteiger partial charge in [-0.15, -0.1) is 0 Å². The molecule has 92 valence electrons. The molecule has 0 unspecified atom stereocenters. The van der Waals surface area contributed by atoms with Crippen molar-refractivity contribution >= 4 is 20.9 Å². The van der Waals surface area contributed by atoms with E-state index >= 15 is 0 Å². The first-order valence-electron chi connectivity index (χ1n) is 4.45. The van der Waals surface area contributed by atoms with Crippen LogP contribution in [0.1, 0.15) is 5.82 Å². The van der Waals surface area contributed by atoms with Crippen LogP contribution in [-0.4, -0.2) is 24.6 Å². The monoisotopic (exact) mass is 264 g/mol. The van der Waals surface area contributed by atoms with Gasteiger partial charge in [-0.3, -0.25) is 0 Å². The van der Waals surface area contributed by atoms with Gasteiger partial charge in [-0.25, -0.2) is 13.4 Å². The number of nitrogens with one attached hydrogen (secondary N) is 1. The molecule has 0 spiro atoms. The van der Waals surface area contributed by atoms with Gasteiger partial charge in [0.2, 0.25) is 5.82 Å². The van der Waals surface area contributed by atoms with Gasteiger partial charge in [0.15, 0.2) is 9.84 Å². The lowest BCUT2D eigenvalue weighted by Crippen LogP contribution is -2.06. The maximum atomic E-state index is 12.3. The number of halogens is 3. The van der Waals surface area contributed by atoms with E-state index in [0.29, 0.717) is 0 Å². The Morgan fingerprint density at radius 2 is 1.94 bits per heavy atom. The van der Waals surface area contributed by atoms with Crippen molar-refractivity contribution in [2.24, 2.45) is 0 Å². The molecule has 8 heteroatoms. The molecule has 1 heterocycles. The molecule has 0 amide bonds. The molecule has 4 nitrogen and oxygen atoms in total. The van der Waals surface area contributed by atoms with Crippen LogP contribution in [0.3, 0.4) is 0 Å². The maximum Gasteiger partial charge on any atom is 0.449 e. The van der Waals surface area contributed by atoms with Crippen molar-refractivity contribution in [2.45, 2.75) is 11.1 Å². The predicted octanol–water partition coefficient (Wildman–Crippen LogP) is 1.99.